The maximum absolute atomic E-state index is 11.9. The average Bonchev–Trinajstić information content (AvgIpc) is 3.00. The van der Waals surface area contributed by atoms with Gasteiger partial charge in [0.2, 0.25) is 0 Å². The molecule has 1 N–H and O–H groups in total. The molecule has 0 aromatic carbocycles. The summed E-state index contributed by atoms with van der Waals surface area (Å²) < 4.78 is 0. The molecule has 5 heterocycles. The van der Waals surface area contributed by atoms with Crippen molar-refractivity contribution in [3.8, 4) is 10.6 Å². The van der Waals surface area contributed by atoms with Crippen LogP contribution in [-0.4, -0.2) is 40.6 Å². The Labute approximate surface area is 145 Å². The number of carbonyl (C=O) groups is 1. The molecular formula is C19H20N2O2S. The van der Waals surface area contributed by atoms with E-state index in [1.165, 1.54) is 30.7 Å². The summed E-state index contributed by atoms with van der Waals surface area (Å²) in [6.45, 7) is 3.55. The predicted octanol–water partition coefficient (Wildman–Crippen LogP) is 3.56. The molecule has 0 spiro atoms. The van der Waals surface area contributed by atoms with Gasteiger partial charge < -0.3 is 10.0 Å². The number of aromatic carboxylic acids is 1. The van der Waals surface area contributed by atoms with Gasteiger partial charge in [0.05, 0.1) is 10.6 Å². The van der Waals surface area contributed by atoms with Crippen molar-refractivity contribution in [2.24, 2.45) is 17.8 Å². The summed E-state index contributed by atoms with van der Waals surface area (Å²) in [4.78, 5) is 20.4. The molecule has 2 unspecified atom stereocenters. The Kier molecular flexibility index (Phi) is 3.28. The van der Waals surface area contributed by atoms with E-state index < -0.39 is 5.97 Å². The van der Waals surface area contributed by atoms with Gasteiger partial charge in [-0.05, 0) is 60.3 Å². The van der Waals surface area contributed by atoms with Crippen LogP contribution >= 0.6 is 11.3 Å². The van der Waals surface area contributed by atoms with Crippen LogP contribution in [0.5, 0.6) is 0 Å². The van der Waals surface area contributed by atoms with Gasteiger partial charge in [-0.25, -0.2) is 4.79 Å². The van der Waals surface area contributed by atoms with Crippen molar-refractivity contribution in [3.05, 3.63) is 40.9 Å². The van der Waals surface area contributed by atoms with Crippen LogP contribution in [0.25, 0.3) is 10.6 Å². The van der Waals surface area contributed by atoms with E-state index in [-0.39, 0.29) is 0 Å². The van der Waals surface area contributed by atoms with Crippen LogP contribution in [0.1, 0.15) is 34.0 Å². The molecule has 1 saturated carbocycles. The van der Waals surface area contributed by atoms with Gasteiger partial charge in [-0.1, -0.05) is 6.07 Å². The van der Waals surface area contributed by atoms with Gasteiger partial charge in [0, 0.05) is 25.8 Å². The number of piperidine rings is 3. The van der Waals surface area contributed by atoms with E-state index in [0.29, 0.717) is 22.6 Å². The van der Waals surface area contributed by atoms with Gasteiger partial charge in [-0.15, -0.1) is 11.3 Å². The third-order valence-electron chi connectivity index (χ3n) is 6.02. The highest BCUT2D eigenvalue weighted by Crippen LogP contribution is 2.53. The maximum Gasteiger partial charge on any atom is 0.346 e. The standard InChI is InChI=1S/C19H20N2O2S/c22-19(23)18-14(7-16(24-18)15-3-1-2-4-20-15)17-12-5-11-6-13(17)10-21(8-11)9-12/h1-4,7,11-13,17H,5-6,8-10H2,(H,22,23). The van der Waals surface area contributed by atoms with Crippen LogP contribution in [-0.2, 0) is 0 Å². The topological polar surface area (TPSA) is 53.4 Å². The normalized spacial score (nSPS) is 33.8. The Morgan fingerprint density at radius 3 is 2.62 bits per heavy atom. The number of nitrogens with zero attached hydrogens (tertiary/aromatic N) is 2. The van der Waals surface area contributed by atoms with Crippen LogP contribution in [0.4, 0.5) is 0 Å². The van der Waals surface area contributed by atoms with Gasteiger partial charge in [-0.3, -0.25) is 4.98 Å². The largest absolute Gasteiger partial charge is 0.477 e. The zero-order chi connectivity index (χ0) is 16.3. The molecule has 3 saturated heterocycles. The molecule has 0 amide bonds. The number of pyridine rings is 1. The fraction of sp³-hybridized carbons (Fsp3) is 0.474. The smallest absolute Gasteiger partial charge is 0.346 e. The second kappa shape index (κ2) is 5.39. The summed E-state index contributed by atoms with van der Waals surface area (Å²) in [5.41, 5.74) is 1.95. The first kappa shape index (κ1) is 14.6. The first-order valence-electron chi connectivity index (χ1n) is 8.70. The second-order valence-electron chi connectivity index (χ2n) is 7.52. The van der Waals surface area contributed by atoms with E-state index in [9.17, 15) is 9.90 Å². The monoisotopic (exact) mass is 340 g/mol. The van der Waals surface area contributed by atoms with Crippen molar-refractivity contribution >= 4 is 17.3 Å². The van der Waals surface area contributed by atoms with Crippen LogP contribution < -0.4 is 0 Å². The molecule has 4 fully saturated rings. The van der Waals surface area contributed by atoms with Gasteiger partial charge in [-0.2, -0.15) is 0 Å². The minimum Gasteiger partial charge on any atom is -0.477 e. The number of hydrogen-bond acceptors (Lipinski definition) is 4. The molecular weight excluding hydrogens is 320 g/mol. The molecule has 4 aliphatic rings. The van der Waals surface area contributed by atoms with E-state index in [1.807, 2.05) is 18.2 Å². The molecule has 24 heavy (non-hydrogen) atoms. The summed E-state index contributed by atoms with van der Waals surface area (Å²) in [7, 11) is 0. The highest BCUT2D eigenvalue weighted by molar-refractivity contribution is 7.17. The van der Waals surface area contributed by atoms with Crippen molar-refractivity contribution in [3.63, 3.8) is 0 Å². The lowest BCUT2D eigenvalue weighted by molar-refractivity contribution is -0.0358. The van der Waals surface area contributed by atoms with Crippen molar-refractivity contribution in [2.45, 2.75) is 18.8 Å². The number of carboxylic acid groups (broad SMARTS) is 1. The summed E-state index contributed by atoms with van der Waals surface area (Å²) >= 11 is 1.39. The van der Waals surface area contributed by atoms with Crippen LogP contribution in [0.3, 0.4) is 0 Å². The Bertz CT molecular complexity index is 758. The first-order valence-corrected chi connectivity index (χ1v) is 9.51. The van der Waals surface area contributed by atoms with Gasteiger partial charge >= 0.3 is 5.97 Å². The quantitative estimate of drug-likeness (QED) is 0.928. The van der Waals surface area contributed by atoms with Gasteiger partial charge in [0.15, 0.2) is 0 Å². The summed E-state index contributed by atoms with van der Waals surface area (Å²) in [6.07, 6.45) is 4.31. The Morgan fingerprint density at radius 1 is 1.21 bits per heavy atom. The van der Waals surface area contributed by atoms with Crippen LogP contribution in [0, 0.1) is 17.8 Å². The summed E-state index contributed by atoms with van der Waals surface area (Å²) in [6, 6.07) is 7.93. The Hall–Kier alpha value is -1.72. The van der Waals surface area contributed by atoms with Crippen LogP contribution in [0.15, 0.2) is 30.5 Å². The van der Waals surface area contributed by atoms with Gasteiger partial charge in [0.1, 0.15) is 4.88 Å². The van der Waals surface area contributed by atoms with Crippen LogP contribution in [0.2, 0.25) is 0 Å². The number of thiophene rings is 1. The molecule has 4 nitrogen and oxygen atoms in total. The second-order valence-corrected chi connectivity index (χ2v) is 8.57. The number of aromatic nitrogens is 1. The molecule has 6 rings (SSSR count). The maximum atomic E-state index is 11.9. The van der Waals surface area contributed by atoms with E-state index in [1.54, 1.807) is 6.20 Å². The lowest BCUT2D eigenvalue weighted by Gasteiger charge is -2.56. The number of rotatable bonds is 3. The minimum absolute atomic E-state index is 0.414. The highest BCUT2D eigenvalue weighted by atomic mass is 32.1. The average molecular weight is 340 g/mol. The third-order valence-corrected chi connectivity index (χ3v) is 7.18. The number of hydrogen-bond donors (Lipinski definition) is 1. The molecule has 2 aromatic rings. The summed E-state index contributed by atoms with van der Waals surface area (Å²) in [5.74, 6) is 1.71. The van der Waals surface area contributed by atoms with E-state index >= 15 is 0 Å². The molecule has 3 aliphatic heterocycles. The fourth-order valence-electron chi connectivity index (χ4n) is 5.37. The zero-order valence-corrected chi connectivity index (χ0v) is 14.2. The van der Waals surface area contributed by atoms with Gasteiger partial charge in [0.25, 0.3) is 0 Å². The molecule has 4 bridgehead atoms. The number of carboxylic acids is 1. The van der Waals surface area contributed by atoms with Crippen molar-refractivity contribution in [2.75, 3.05) is 19.6 Å². The molecule has 2 atom stereocenters. The molecule has 0 radical (unpaired) electrons. The van der Waals surface area contributed by atoms with E-state index in [2.05, 4.69) is 16.0 Å². The lowest BCUT2D eigenvalue weighted by Crippen LogP contribution is -2.56. The Morgan fingerprint density at radius 2 is 2.00 bits per heavy atom. The SMILES string of the molecule is O=C(O)c1sc(-c2ccccn2)cc1C1C2CC3CC1CN(C3)C2. The zero-order valence-electron chi connectivity index (χ0n) is 13.4. The predicted molar refractivity (Wildman–Crippen MR) is 93.4 cm³/mol. The Balaban J connectivity index is 1.58. The first-order chi connectivity index (χ1) is 11.7. The third kappa shape index (κ3) is 2.22. The lowest BCUT2D eigenvalue weighted by atomic mass is 9.60. The van der Waals surface area contributed by atoms with Crippen molar-refractivity contribution in [1.29, 1.82) is 0 Å². The highest BCUT2D eigenvalue weighted by Gasteiger charge is 2.49. The molecule has 124 valence electrons. The molecule has 5 heteroatoms. The van der Waals surface area contributed by atoms with E-state index in [4.69, 9.17) is 0 Å². The minimum atomic E-state index is -0.786. The van der Waals surface area contributed by atoms with Crippen molar-refractivity contribution in [1.82, 2.24) is 9.88 Å². The van der Waals surface area contributed by atoms with E-state index in [0.717, 1.165) is 35.1 Å². The summed E-state index contributed by atoms with van der Waals surface area (Å²) in [5, 5.41) is 9.76. The van der Waals surface area contributed by atoms with Crippen molar-refractivity contribution < 1.29 is 9.90 Å². The molecule has 1 aliphatic carbocycles. The molecule has 2 aromatic heterocycles. The fourth-order valence-corrected chi connectivity index (χ4v) is 6.40.